The molecule has 0 spiro atoms. The summed E-state index contributed by atoms with van der Waals surface area (Å²) < 4.78 is 27.6. The van der Waals surface area contributed by atoms with Crippen LogP contribution in [0.3, 0.4) is 0 Å². The first-order valence-electron chi connectivity index (χ1n) is 4.00. The second-order valence-electron chi connectivity index (χ2n) is 2.85. The van der Waals surface area contributed by atoms with Gasteiger partial charge in [0.25, 0.3) is 0 Å². The summed E-state index contributed by atoms with van der Waals surface area (Å²) in [5.41, 5.74) is -0.641. The SMILES string of the molecule is O=c1[nH]ccn1-c1cc(F)c(Br)cc1F. The fourth-order valence-corrected chi connectivity index (χ4v) is 1.52. The second-order valence-corrected chi connectivity index (χ2v) is 3.71. The summed E-state index contributed by atoms with van der Waals surface area (Å²) in [6.45, 7) is 0. The first-order chi connectivity index (χ1) is 7.09. The number of aromatic nitrogens is 2. The summed E-state index contributed by atoms with van der Waals surface area (Å²) in [6.07, 6.45) is 2.68. The zero-order valence-electron chi connectivity index (χ0n) is 7.30. The van der Waals surface area contributed by atoms with Gasteiger partial charge in [0, 0.05) is 18.5 Å². The Balaban J connectivity index is 2.69. The van der Waals surface area contributed by atoms with E-state index in [1.807, 2.05) is 0 Å². The van der Waals surface area contributed by atoms with Crippen molar-refractivity contribution in [2.45, 2.75) is 0 Å². The molecule has 0 aliphatic heterocycles. The van der Waals surface area contributed by atoms with Crippen LogP contribution >= 0.6 is 15.9 Å². The number of rotatable bonds is 1. The summed E-state index contributed by atoms with van der Waals surface area (Å²) in [6, 6.07) is 1.93. The van der Waals surface area contributed by atoms with Crippen molar-refractivity contribution in [3.05, 3.63) is 51.1 Å². The van der Waals surface area contributed by atoms with Crippen molar-refractivity contribution in [2.75, 3.05) is 0 Å². The van der Waals surface area contributed by atoms with Crippen LogP contribution in [0.5, 0.6) is 0 Å². The molecular weight excluding hydrogens is 270 g/mol. The molecule has 0 bridgehead atoms. The maximum absolute atomic E-state index is 13.4. The third-order valence-corrected chi connectivity index (χ3v) is 2.51. The van der Waals surface area contributed by atoms with E-state index in [0.717, 1.165) is 16.7 Å². The quantitative estimate of drug-likeness (QED) is 0.796. The Labute approximate surface area is 91.5 Å². The van der Waals surface area contributed by atoms with Crippen molar-refractivity contribution in [3.63, 3.8) is 0 Å². The molecule has 2 aromatic rings. The van der Waals surface area contributed by atoms with Crippen molar-refractivity contribution in [3.8, 4) is 5.69 Å². The molecule has 78 valence electrons. The van der Waals surface area contributed by atoms with E-state index in [4.69, 9.17) is 0 Å². The van der Waals surface area contributed by atoms with Gasteiger partial charge in [0.15, 0.2) is 0 Å². The molecule has 6 heteroatoms. The van der Waals surface area contributed by atoms with Crippen LogP contribution in [0.1, 0.15) is 0 Å². The fourth-order valence-electron chi connectivity index (χ4n) is 1.21. The van der Waals surface area contributed by atoms with Crippen molar-refractivity contribution >= 4 is 15.9 Å². The summed E-state index contributed by atoms with van der Waals surface area (Å²) in [7, 11) is 0. The largest absolute Gasteiger partial charge is 0.330 e. The summed E-state index contributed by atoms with van der Waals surface area (Å²) >= 11 is 2.85. The smallest absolute Gasteiger partial charge is 0.312 e. The molecule has 0 saturated heterocycles. The molecule has 0 saturated carbocycles. The third kappa shape index (κ3) is 1.72. The van der Waals surface area contributed by atoms with Crippen LogP contribution in [-0.2, 0) is 0 Å². The predicted octanol–water partition coefficient (Wildman–Crippen LogP) is 2.21. The number of hydrogen-bond acceptors (Lipinski definition) is 1. The van der Waals surface area contributed by atoms with Crippen LogP contribution in [0.25, 0.3) is 5.69 Å². The number of nitrogens with zero attached hydrogens (tertiary/aromatic N) is 1. The fraction of sp³-hybridized carbons (Fsp3) is 0. The van der Waals surface area contributed by atoms with E-state index in [1.165, 1.54) is 12.4 Å². The Morgan fingerprint density at radius 3 is 2.60 bits per heavy atom. The molecular formula is C9H5BrF2N2O. The first kappa shape index (κ1) is 10.1. The molecule has 0 aliphatic rings. The lowest BCUT2D eigenvalue weighted by molar-refractivity contribution is 0.586. The Morgan fingerprint density at radius 2 is 2.00 bits per heavy atom. The summed E-state index contributed by atoms with van der Waals surface area (Å²) in [5, 5.41) is 0. The van der Waals surface area contributed by atoms with Gasteiger partial charge in [-0.05, 0) is 22.0 Å². The van der Waals surface area contributed by atoms with Gasteiger partial charge in [-0.3, -0.25) is 4.57 Å². The molecule has 1 aromatic carbocycles. The Kier molecular flexibility index (Phi) is 2.44. The zero-order chi connectivity index (χ0) is 11.0. The van der Waals surface area contributed by atoms with Crippen LogP contribution in [0.4, 0.5) is 8.78 Å². The number of nitrogens with one attached hydrogen (secondary N) is 1. The molecule has 0 atom stereocenters. The highest BCUT2D eigenvalue weighted by Gasteiger charge is 2.11. The lowest BCUT2D eigenvalue weighted by atomic mass is 10.3. The lowest BCUT2D eigenvalue weighted by Crippen LogP contribution is -2.15. The van der Waals surface area contributed by atoms with Crippen molar-refractivity contribution in [1.82, 2.24) is 9.55 Å². The van der Waals surface area contributed by atoms with Gasteiger partial charge in [-0.15, -0.1) is 0 Å². The molecule has 1 N–H and O–H groups in total. The monoisotopic (exact) mass is 274 g/mol. The average molecular weight is 275 g/mol. The van der Waals surface area contributed by atoms with Gasteiger partial charge in [0.1, 0.15) is 11.6 Å². The van der Waals surface area contributed by atoms with E-state index in [9.17, 15) is 13.6 Å². The predicted molar refractivity (Wildman–Crippen MR) is 54.0 cm³/mol. The standard InChI is InChI=1S/C9H5BrF2N2O/c10-5-3-7(12)8(4-6(5)11)14-2-1-13-9(14)15/h1-4H,(H,13,15). The molecule has 0 aliphatic carbocycles. The first-order valence-corrected chi connectivity index (χ1v) is 4.80. The van der Waals surface area contributed by atoms with Gasteiger partial charge in [-0.25, -0.2) is 13.6 Å². The highest BCUT2D eigenvalue weighted by molar-refractivity contribution is 9.10. The van der Waals surface area contributed by atoms with Gasteiger partial charge >= 0.3 is 5.69 Å². The van der Waals surface area contributed by atoms with E-state index < -0.39 is 17.3 Å². The molecule has 0 radical (unpaired) electrons. The van der Waals surface area contributed by atoms with E-state index in [-0.39, 0.29) is 10.2 Å². The van der Waals surface area contributed by atoms with Crippen LogP contribution in [0, 0.1) is 11.6 Å². The number of hydrogen-bond donors (Lipinski definition) is 1. The third-order valence-electron chi connectivity index (χ3n) is 1.90. The number of aromatic amines is 1. The van der Waals surface area contributed by atoms with Crippen LogP contribution in [-0.4, -0.2) is 9.55 Å². The molecule has 1 aromatic heterocycles. The van der Waals surface area contributed by atoms with Crippen molar-refractivity contribution in [1.29, 1.82) is 0 Å². The molecule has 3 nitrogen and oxygen atoms in total. The van der Waals surface area contributed by atoms with E-state index in [1.54, 1.807) is 0 Å². The molecule has 1 heterocycles. The van der Waals surface area contributed by atoms with Crippen LogP contribution in [0.2, 0.25) is 0 Å². The normalized spacial score (nSPS) is 10.6. The Bertz CT molecular complexity index is 561. The maximum atomic E-state index is 13.4. The molecule has 15 heavy (non-hydrogen) atoms. The highest BCUT2D eigenvalue weighted by Crippen LogP contribution is 2.21. The lowest BCUT2D eigenvalue weighted by Gasteiger charge is -2.04. The average Bonchev–Trinajstić information content (AvgIpc) is 2.58. The van der Waals surface area contributed by atoms with Crippen molar-refractivity contribution < 1.29 is 8.78 Å². The Hall–Kier alpha value is -1.43. The molecule has 0 fully saturated rings. The van der Waals surface area contributed by atoms with E-state index in [2.05, 4.69) is 20.9 Å². The summed E-state index contributed by atoms with van der Waals surface area (Å²) in [4.78, 5) is 13.5. The molecule has 0 amide bonds. The number of imidazole rings is 1. The van der Waals surface area contributed by atoms with Crippen LogP contribution < -0.4 is 5.69 Å². The van der Waals surface area contributed by atoms with Crippen molar-refractivity contribution in [2.24, 2.45) is 0 Å². The summed E-state index contributed by atoms with van der Waals surface area (Å²) in [5.74, 6) is -1.30. The minimum Gasteiger partial charge on any atom is -0.312 e. The Morgan fingerprint density at radius 1 is 1.27 bits per heavy atom. The second kappa shape index (κ2) is 3.62. The van der Waals surface area contributed by atoms with Gasteiger partial charge < -0.3 is 4.98 Å². The molecule has 0 unspecified atom stereocenters. The maximum Gasteiger partial charge on any atom is 0.330 e. The topological polar surface area (TPSA) is 37.8 Å². The van der Waals surface area contributed by atoms with E-state index >= 15 is 0 Å². The van der Waals surface area contributed by atoms with Gasteiger partial charge in [-0.1, -0.05) is 0 Å². The number of benzene rings is 1. The van der Waals surface area contributed by atoms with E-state index in [0.29, 0.717) is 0 Å². The van der Waals surface area contributed by atoms with Gasteiger partial charge in [-0.2, -0.15) is 0 Å². The minimum atomic E-state index is -0.676. The van der Waals surface area contributed by atoms with Gasteiger partial charge in [0.05, 0.1) is 10.2 Å². The number of H-pyrrole nitrogens is 1. The molecule has 2 rings (SSSR count). The van der Waals surface area contributed by atoms with Crippen LogP contribution in [0.15, 0.2) is 33.8 Å². The highest BCUT2D eigenvalue weighted by atomic mass is 79.9. The minimum absolute atomic E-state index is 0.0207. The zero-order valence-corrected chi connectivity index (χ0v) is 8.88. The number of halogens is 3. The van der Waals surface area contributed by atoms with Gasteiger partial charge in [0.2, 0.25) is 0 Å².